The third kappa shape index (κ3) is 49.0. The fourth-order valence-corrected chi connectivity index (χ4v) is 11.9. The van der Waals surface area contributed by atoms with Gasteiger partial charge in [-0.15, -0.1) is 11.5 Å². The van der Waals surface area contributed by atoms with Crippen LogP contribution in [0.1, 0.15) is 385 Å². The smallest absolute Gasteiger partial charge is 0.873 e. The topological polar surface area (TPSA) is 70.8 Å². The summed E-state index contributed by atoms with van der Waals surface area (Å²) in [6.45, 7) is 11.3. The Morgan fingerprint density at radius 2 is 0.609 bits per heavy atom. The van der Waals surface area contributed by atoms with Crippen LogP contribution >= 0.6 is 0 Å². The van der Waals surface area contributed by atoms with E-state index in [1.165, 1.54) is 311 Å². The Bertz CT molecular complexity index is 2090. The molecule has 0 aromatic heterocycles. The van der Waals surface area contributed by atoms with Crippen LogP contribution in [0.4, 0.5) is 11.4 Å². The molecule has 87 heavy (non-hydrogen) atoms. The first-order valence-corrected chi connectivity index (χ1v) is 37.6. The molecule has 0 amide bonds. The van der Waals surface area contributed by atoms with Gasteiger partial charge in [0.2, 0.25) is 0 Å². The van der Waals surface area contributed by atoms with E-state index in [4.69, 9.17) is 9.98 Å². The van der Waals surface area contributed by atoms with E-state index in [0.717, 1.165) is 69.2 Å². The minimum Gasteiger partial charge on any atom is -0.873 e. The predicted molar refractivity (Wildman–Crippen MR) is 383 cm³/mol. The van der Waals surface area contributed by atoms with E-state index in [1.807, 2.05) is 0 Å². The summed E-state index contributed by atoms with van der Waals surface area (Å²) in [7, 11) is 0. The van der Waals surface area contributed by atoms with Gasteiger partial charge in [0, 0.05) is 0 Å². The third-order valence-electron chi connectivity index (χ3n) is 17.6. The van der Waals surface area contributed by atoms with Crippen LogP contribution in [-0.2, 0) is 22.9 Å². The third-order valence-corrected chi connectivity index (χ3v) is 17.6. The van der Waals surface area contributed by atoms with Crippen molar-refractivity contribution in [2.75, 3.05) is 0 Å². The molecule has 0 aliphatic rings. The molecule has 0 saturated carbocycles. The van der Waals surface area contributed by atoms with Crippen molar-refractivity contribution in [3.05, 3.63) is 95.6 Å². The Hall–Kier alpha value is -3.43. The first kappa shape index (κ1) is 81.6. The molecule has 0 radical (unpaired) electrons. The molecule has 3 rings (SSSR count). The maximum atomic E-state index is 11.2. The molecule has 0 unspecified atom stereocenters. The number of unbranched alkanes of at least 4 members (excludes halogenated alkanes) is 45. The van der Waals surface area contributed by atoms with Crippen LogP contribution in [0.5, 0.6) is 11.5 Å². The van der Waals surface area contributed by atoms with Crippen molar-refractivity contribution in [3.63, 3.8) is 0 Å². The summed E-state index contributed by atoms with van der Waals surface area (Å²) in [6.07, 6.45) is 81.0. The van der Waals surface area contributed by atoms with E-state index >= 15 is 0 Å². The van der Waals surface area contributed by atoms with Crippen molar-refractivity contribution in [1.29, 1.82) is 0 Å². The number of aryl methyl sites for hydroxylation is 1. The molecule has 0 atom stereocenters. The van der Waals surface area contributed by atoms with Gasteiger partial charge < -0.3 is 10.2 Å². The van der Waals surface area contributed by atoms with Crippen LogP contribution in [0.2, 0.25) is 0 Å². The Kier molecular flexibility index (Phi) is 58.8. The minimum atomic E-state index is -0.386. The van der Waals surface area contributed by atoms with E-state index in [2.05, 4.69) is 107 Å². The zero-order chi connectivity index (χ0) is 61.7. The average molecular weight is 1240 g/mol. The Balaban J connectivity index is 0.00000258. The molecular weight excluding hydrogens is 1100 g/mol. The standard InChI is InChI=1S/C72H124N2.C10H14O2.Ni/c1-5-9-13-16-18-20-22-24-26-28-30-32-34-36-38-40-42-44-46-48-50-52-57-67-59-55-61-69(65-67)73-71(63-12-8-4)72(64-54-15-11-7-3)74-70-62-56-60-68(66-70)58-53-51-49-47-45-43-41-39-37-35-33-31-29-27-25-23-21-19-17-14-10-6-2;1-2-3-5-8-6-4-7-9(11)10(8)12;/h52-53,55-62,65-66H,5-51,54,63-64H2,1-4H3;4,6-7,11-12H,2-3,5H2,1H3;/q;;+2/p-2. The van der Waals surface area contributed by atoms with Gasteiger partial charge in [-0.25, -0.2) is 0 Å². The molecule has 0 bridgehead atoms. The first-order chi connectivity index (χ1) is 42.4. The monoisotopic (exact) mass is 1240 g/mol. The molecule has 3 aromatic rings. The van der Waals surface area contributed by atoms with Crippen LogP contribution in [0, 0.1) is 0 Å². The molecule has 496 valence electrons. The second-order valence-electron chi connectivity index (χ2n) is 25.9. The number of rotatable bonds is 58. The molecule has 4 nitrogen and oxygen atoms in total. The van der Waals surface area contributed by atoms with E-state index in [-0.39, 0.29) is 28.0 Å². The summed E-state index contributed by atoms with van der Waals surface area (Å²) in [6, 6.07) is 22.5. The maximum absolute atomic E-state index is 11.2. The number of allylic oxidation sites excluding steroid dienone is 2. The summed E-state index contributed by atoms with van der Waals surface area (Å²) >= 11 is 0. The molecule has 0 saturated heterocycles. The van der Waals surface area contributed by atoms with Gasteiger partial charge in [0.25, 0.3) is 0 Å². The number of hydrogen-bond donors (Lipinski definition) is 0. The van der Waals surface area contributed by atoms with Crippen molar-refractivity contribution < 1.29 is 26.7 Å². The van der Waals surface area contributed by atoms with E-state index < -0.39 is 0 Å². The summed E-state index contributed by atoms with van der Waals surface area (Å²) in [5.74, 6) is -0.713. The molecule has 3 aromatic carbocycles. The summed E-state index contributed by atoms with van der Waals surface area (Å²) in [5.41, 5.74) is 7.64. The Labute approximate surface area is 550 Å². The van der Waals surface area contributed by atoms with Gasteiger partial charge in [0.15, 0.2) is 0 Å². The Morgan fingerprint density at radius 1 is 0.322 bits per heavy atom. The summed E-state index contributed by atoms with van der Waals surface area (Å²) < 4.78 is 0. The molecular formula is C82H136N2NiO2. The van der Waals surface area contributed by atoms with Crippen LogP contribution in [0.15, 0.2) is 88.9 Å². The van der Waals surface area contributed by atoms with Gasteiger partial charge in [-0.1, -0.05) is 383 Å². The SMILES string of the molecule is CCCCCCCCCCCCCCCCCCCCCCC=Cc1cccc(N=C(CCCC)C(CCCCCC)=Nc2cccc(C=CCCCCCCCCCCCCCCCCCCCCCC)c2)c1.CCCCc1cccc([O-])c1[O-].[Ni+2]. The van der Waals surface area contributed by atoms with Crippen molar-refractivity contribution in [2.24, 2.45) is 9.98 Å². The largest absolute Gasteiger partial charge is 2.00 e. The van der Waals surface area contributed by atoms with Gasteiger partial charge in [0.05, 0.1) is 22.8 Å². The Morgan fingerprint density at radius 3 is 0.943 bits per heavy atom. The fraction of sp³-hybridized carbons (Fsp3) is 0.707. The predicted octanol–water partition coefficient (Wildman–Crippen LogP) is 27.3. The molecule has 0 aliphatic heterocycles. The van der Waals surface area contributed by atoms with Gasteiger partial charge >= 0.3 is 16.5 Å². The zero-order valence-corrected chi connectivity index (χ0v) is 58.7. The van der Waals surface area contributed by atoms with Crippen molar-refractivity contribution >= 4 is 35.0 Å². The van der Waals surface area contributed by atoms with Gasteiger partial charge in [-0.05, 0) is 99.6 Å². The van der Waals surface area contributed by atoms with Crippen molar-refractivity contribution in [3.8, 4) is 11.5 Å². The molecule has 0 aliphatic carbocycles. The average Bonchev–Trinajstić information content (AvgIpc) is 3.66. The van der Waals surface area contributed by atoms with Gasteiger partial charge in [-0.2, -0.15) is 0 Å². The maximum Gasteiger partial charge on any atom is 2.00 e. The van der Waals surface area contributed by atoms with Crippen molar-refractivity contribution in [1.82, 2.24) is 0 Å². The van der Waals surface area contributed by atoms with Crippen LogP contribution < -0.4 is 10.2 Å². The number of benzene rings is 3. The zero-order valence-electron chi connectivity index (χ0n) is 57.7. The molecule has 0 N–H and O–H groups in total. The normalized spacial score (nSPS) is 11.9. The number of nitrogens with zero attached hydrogens (tertiary/aromatic N) is 2. The number of hydrogen-bond acceptors (Lipinski definition) is 4. The summed E-state index contributed by atoms with van der Waals surface area (Å²) in [4.78, 5) is 10.8. The second-order valence-corrected chi connectivity index (χ2v) is 25.9. The summed E-state index contributed by atoms with van der Waals surface area (Å²) in [5, 5.41) is 22.1. The molecule has 0 fully saturated rings. The molecule has 0 spiro atoms. The molecule has 5 heteroatoms. The quantitative estimate of drug-likeness (QED) is 0.0321. The first-order valence-electron chi connectivity index (χ1n) is 37.6. The van der Waals surface area contributed by atoms with Gasteiger partial charge in [0.1, 0.15) is 0 Å². The van der Waals surface area contributed by atoms with Gasteiger partial charge in [-0.3, -0.25) is 9.98 Å². The van der Waals surface area contributed by atoms with Crippen LogP contribution in [-0.4, -0.2) is 11.4 Å². The van der Waals surface area contributed by atoms with Crippen molar-refractivity contribution in [2.45, 2.75) is 375 Å². The minimum absolute atomic E-state index is 0. The van der Waals surface area contributed by atoms with Crippen LogP contribution in [0.25, 0.3) is 12.2 Å². The van der Waals surface area contributed by atoms with E-state index in [9.17, 15) is 10.2 Å². The number of para-hydroxylation sites is 1. The second kappa shape index (κ2) is 62.8. The van der Waals surface area contributed by atoms with E-state index in [0.29, 0.717) is 5.56 Å². The van der Waals surface area contributed by atoms with E-state index in [1.54, 1.807) is 12.1 Å². The number of aliphatic imine (C=N–C) groups is 2. The van der Waals surface area contributed by atoms with Crippen LogP contribution in [0.3, 0.4) is 0 Å². The molecule has 0 heterocycles. The fourth-order valence-electron chi connectivity index (χ4n) is 11.9.